The van der Waals surface area contributed by atoms with Gasteiger partial charge in [-0.25, -0.2) is 0 Å². The Morgan fingerprint density at radius 1 is 1.30 bits per heavy atom. The highest BCUT2D eigenvalue weighted by molar-refractivity contribution is 7.17. The summed E-state index contributed by atoms with van der Waals surface area (Å²) < 4.78 is 1.27. The lowest BCUT2D eigenvalue weighted by Gasteiger charge is -2.26. The number of nitrogens with zero attached hydrogens (tertiary/aromatic N) is 3. The summed E-state index contributed by atoms with van der Waals surface area (Å²) in [6.07, 6.45) is 2.27. The van der Waals surface area contributed by atoms with Crippen molar-refractivity contribution < 1.29 is 24.6 Å². The summed E-state index contributed by atoms with van der Waals surface area (Å²) >= 11 is 1.19. The Balaban J connectivity index is 1.71. The second kappa shape index (κ2) is 6.34. The van der Waals surface area contributed by atoms with E-state index in [9.17, 15) is 24.3 Å². The van der Waals surface area contributed by atoms with Gasteiger partial charge in [-0.05, 0) is 12.8 Å². The molecule has 2 aromatic rings. The Bertz CT molecular complexity index is 1040. The number of amides is 2. The van der Waals surface area contributed by atoms with Gasteiger partial charge in [-0.1, -0.05) is 11.3 Å². The van der Waals surface area contributed by atoms with Crippen molar-refractivity contribution in [2.45, 2.75) is 25.8 Å². The Kier molecular flexibility index (Phi) is 4.10. The third-order valence-corrected chi connectivity index (χ3v) is 5.73. The molecule has 0 radical (unpaired) electrons. The van der Waals surface area contributed by atoms with Crippen LogP contribution in [0.25, 0.3) is 4.96 Å². The van der Waals surface area contributed by atoms with Crippen LogP contribution in [-0.4, -0.2) is 55.4 Å². The van der Waals surface area contributed by atoms with E-state index in [2.05, 4.69) is 10.3 Å². The predicted molar refractivity (Wildman–Crippen MR) is 92.8 cm³/mol. The average Bonchev–Trinajstić information content (AvgIpc) is 3.39. The number of nitrogens with one attached hydrogen (secondary N) is 1. The molecular weight excluding hydrogens is 376 g/mol. The molecule has 0 bridgehead atoms. The lowest BCUT2D eigenvalue weighted by Crippen LogP contribution is -2.38. The smallest absolute Gasteiger partial charge is 0.322 e. The van der Waals surface area contributed by atoms with Gasteiger partial charge in [0.1, 0.15) is 6.54 Å². The summed E-state index contributed by atoms with van der Waals surface area (Å²) in [4.78, 5) is 54.5. The minimum absolute atomic E-state index is 0.107. The topological polar surface area (TPSA) is 141 Å². The van der Waals surface area contributed by atoms with Gasteiger partial charge in [0.15, 0.2) is 5.56 Å². The third-order valence-electron chi connectivity index (χ3n) is 4.66. The van der Waals surface area contributed by atoms with Crippen molar-refractivity contribution in [2.75, 3.05) is 13.1 Å². The molecule has 1 saturated carbocycles. The molecular formula is C16H16N4O6S. The largest absolute Gasteiger partial charge is 0.492 e. The molecule has 10 nitrogen and oxygen atoms in total. The van der Waals surface area contributed by atoms with Gasteiger partial charge in [-0.15, -0.1) is 0 Å². The minimum Gasteiger partial charge on any atom is -0.492 e. The van der Waals surface area contributed by atoms with Crippen LogP contribution < -0.4 is 10.9 Å². The maximum absolute atomic E-state index is 12.8. The SMILES string of the molecule is O=C(O)CNC(=O)c1c(O)nc2sc3c(n2c1=O)CCN(C(=O)C1CC1)C3. The van der Waals surface area contributed by atoms with Crippen LogP contribution in [-0.2, 0) is 22.6 Å². The third kappa shape index (κ3) is 3.03. The molecule has 2 aromatic heterocycles. The molecule has 0 unspecified atom stereocenters. The molecule has 2 aliphatic rings. The van der Waals surface area contributed by atoms with Gasteiger partial charge in [0.05, 0.1) is 6.54 Å². The molecule has 4 rings (SSSR count). The van der Waals surface area contributed by atoms with Gasteiger partial charge in [0.25, 0.3) is 11.5 Å². The van der Waals surface area contributed by atoms with Crippen LogP contribution >= 0.6 is 11.3 Å². The van der Waals surface area contributed by atoms with Crippen molar-refractivity contribution >= 4 is 34.1 Å². The number of carbonyl (C=O) groups is 3. The number of hydrogen-bond donors (Lipinski definition) is 3. The number of aromatic hydroxyl groups is 1. The fourth-order valence-electron chi connectivity index (χ4n) is 3.18. The predicted octanol–water partition coefficient (Wildman–Crippen LogP) is -0.429. The fourth-order valence-corrected chi connectivity index (χ4v) is 4.35. The van der Waals surface area contributed by atoms with Gasteiger partial charge in [0, 0.05) is 29.5 Å². The maximum Gasteiger partial charge on any atom is 0.322 e. The zero-order chi connectivity index (χ0) is 19.3. The highest BCUT2D eigenvalue weighted by Crippen LogP contribution is 2.34. The quantitative estimate of drug-likeness (QED) is 0.641. The van der Waals surface area contributed by atoms with E-state index in [1.807, 2.05) is 0 Å². The van der Waals surface area contributed by atoms with E-state index in [1.54, 1.807) is 4.90 Å². The fraction of sp³-hybridized carbons (Fsp3) is 0.438. The van der Waals surface area contributed by atoms with Gasteiger partial charge in [-0.2, -0.15) is 4.98 Å². The Labute approximate surface area is 156 Å². The van der Waals surface area contributed by atoms with Gasteiger partial charge >= 0.3 is 5.97 Å². The number of carboxylic acids is 1. The van der Waals surface area contributed by atoms with Crippen LogP contribution in [0.15, 0.2) is 4.79 Å². The van der Waals surface area contributed by atoms with E-state index in [1.165, 1.54) is 15.7 Å². The van der Waals surface area contributed by atoms with E-state index < -0.39 is 35.4 Å². The summed E-state index contributed by atoms with van der Waals surface area (Å²) in [7, 11) is 0. The van der Waals surface area contributed by atoms with Crippen LogP contribution in [0, 0.1) is 5.92 Å². The lowest BCUT2D eigenvalue weighted by molar-refractivity contribution is -0.136. The average molecular weight is 392 g/mol. The normalized spacial score (nSPS) is 16.2. The second-order valence-corrected chi connectivity index (χ2v) is 7.63. The first-order valence-electron chi connectivity index (χ1n) is 8.42. The van der Waals surface area contributed by atoms with Crippen LogP contribution in [0.3, 0.4) is 0 Å². The first kappa shape index (κ1) is 17.5. The highest BCUT2D eigenvalue weighted by Gasteiger charge is 2.36. The summed E-state index contributed by atoms with van der Waals surface area (Å²) in [6.45, 7) is 0.169. The molecule has 0 aromatic carbocycles. The minimum atomic E-state index is -1.27. The van der Waals surface area contributed by atoms with Gasteiger partial charge in [0.2, 0.25) is 16.7 Å². The summed E-state index contributed by atoms with van der Waals surface area (Å²) in [5.74, 6) is -2.79. The Morgan fingerprint density at radius 2 is 2.04 bits per heavy atom. The van der Waals surface area contributed by atoms with Crippen LogP contribution in [0.2, 0.25) is 0 Å². The van der Waals surface area contributed by atoms with Crippen molar-refractivity contribution in [2.24, 2.45) is 5.92 Å². The number of rotatable bonds is 4. The Morgan fingerprint density at radius 3 is 2.70 bits per heavy atom. The molecule has 142 valence electrons. The van der Waals surface area contributed by atoms with E-state index in [0.717, 1.165) is 17.7 Å². The molecule has 0 atom stereocenters. The van der Waals surface area contributed by atoms with E-state index in [0.29, 0.717) is 25.2 Å². The number of fused-ring (bicyclic) bond motifs is 3. The molecule has 11 heteroatoms. The standard InChI is InChI=1S/C16H16N4O6S/c21-10(22)5-17-12(23)11-13(24)18-16-20(15(11)26)8-3-4-19(6-9(8)27-16)14(25)7-1-2-7/h7,24H,1-6H2,(H,17,23)(H,21,22). The summed E-state index contributed by atoms with van der Waals surface area (Å²) in [5, 5.41) is 20.7. The first-order valence-corrected chi connectivity index (χ1v) is 9.23. The Hall–Kier alpha value is -2.95. The van der Waals surface area contributed by atoms with Crippen LogP contribution in [0.5, 0.6) is 5.88 Å². The summed E-state index contributed by atoms with van der Waals surface area (Å²) in [5.41, 5.74) is -0.676. The van der Waals surface area contributed by atoms with Crippen molar-refractivity contribution in [1.82, 2.24) is 19.6 Å². The molecule has 0 saturated heterocycles. The molecule has 3 N–H and O–H groups in total. The molecule has 3 heterocycles. The molecule has 1 aliphatic carbocycles. The van der Waals surface area contributed by atoms with Crippen LogP contribution in [0.1, 0.15) is 33.8 Å². The number of carbonyl (C=O) groups excluding carboxylic acids is 2. The molecule has 1 aliphatic heterocycles. The number of thiazole rings is 1. The van der Waals surface area contributed by atoms with E-state index >= 15 is 0 Å². The number of hydrogen-bond acceptors (Lipinski definition) is 7. The maximum atomic E-state index is 12.8. The monoisotopic (exact) mass is 392 g/mol. The van der Waals surface area contributed by atoms with Crippen molar-refractivity contribution in [3.05, 3.63) is 26.5 Å². The zero-order valence-electron chi connectivity index (χ0n) is 14.1. The van der Waals surface area contributed by atoms with Crippen molar-refractivity contribution in [3.8, 4) is 5.88 Å². The summed E-state index contributed by atoms with van der Waals surface area (Å²) in [6, 6.07) is 0. The lowest BCUT2D eigenvalue weighted by atomic mass is 10.1. The highest BCUT2D eigenvalue weighted by atomic mass is 32.1. The molecule has 0 spiro atoms. The zero-order valence-corrected chi connectivity index (χ0v) is 14.9. The van der Waals surface area contributed by atoms with Gasteiger partial charge in [-0.3, -0.25) is 23.6 Å². The molecule has 27 heavy (non-hydrogen) atoms. The first-order chi connectivity index (χ1) is 12.9. The van der Waals surface area contributed by atoms with Crippen molar-refractivity contribution in [1.29, 1.82) is 0 Å². The van der Waals surface area contributed by atoms with Gasteiger partial charge < -0.3 is 20.4 Å². The number of carboxylic acid groups (broad SMARTS) is 1. The molecule has 1 fully saturated rings. The van der Waals surface area contributed by atoms with Crippen LogP contribution in [0.4, 0.5) is 0 Å². The number of aromatic nitrogens is 2. The molecule has 2 amide bonds. The number of aliphatic carboxylic acids is 1. The van der Waals surface area contributed by atoms with E-state index in [-0.39, 0.29) is 16.8 Å². The second-order valence-electron chi connectivity index (χ2n) is 6.57. The van der Waals surface area contributed by atoms with E-state index in [4.69, 9.17) is 5.11 Å². The van der Waals surface area contributed by atoms with Crippen molar-refractivity contribution in [3.63, 3.8) is 0 Å².